The fourth-order valence-electron chi connectivity index (χ4n) is 3.14. The van der Waals surface area contributed by atoms with Crippen LogP contribution in [-0.4, -0.2) is 28.5 Å². The molecule has 1 aliphatic heterocycles. The zero-order valence-corrected chi connectivity index (χ0v) is 17.1. The minimum absolute atomic E-state index is 0.246. The molecule has 2 aromatic rings. The Morgan fingerprint density at radius 3 is 2.34 bits per heavy atom. The van der Waals surface area contributed by atoms with Crippen LogP contribution in [0.4, 0.5) is 10.5 Å². The third-order valence-electron chi connectivity index (χ3n) is 4.45. The molecule has 0 atom stereocenters. The molecule has 0 spiro atoms. The van der Waals surface area contributed by atoms with Crippen LogP contribution in [0.15, 0.2) is 41.3 Å². The third-order valence-corrected chi connectivity index (χ3v) is 5.36. The van der Waals surface area contributed by atoms with Crippen LogP contribution in [0.3, 0.4) is 0 Å². The van der Waals surface area contributed by atoms with Gasteiger partial charge in [-0.1, -0.05) is 29.8 Å². The van der Waals surface area contributed by atoms with E-state index in [1.807, 2.05) is 39.0 Å². The normalized spacial score (nSPS) is 15.0. The summed E-state index contributed by atoms with van der Waals surface area (Å²) >= 11 is 0.797. The summed E-state index contributed by atoms with van der Waals surface area (Å²) in [6.45, 7) is 5.43. The number of benzene rings is 2. The smallest absolute Gasteiger partial charge is 0.294 e. The molecule has 1 N–H and O–H groups in total. The number of nitrogens with one attached hydrogen (secondary N) is 1. The molecule has 2 aromatic carbocycles. The highest BCUT2D eigenvalue weighted by atomic mass is 32.2. The SMILES string of the molecule is Cc1cc(C)c(NC(=O)CN2C(=O)S/C(=C/c3ccc(C#N)cc3)C2=O)c(C)c1. The molecular weight excluding hydrogens is 386 g/mol. The number of thioether (sulfide) groups is 1. The molecule has 1 heterocycles. The van der Waals surface area contributed by atoms with Crippen LogP contribution in [-0.2, 0) is 9.59 Å². The summed E-state index contributed by atoms with van der Waals surface area (Å²) in [5.41, 5.74) is 4.84. The van der Waals surface area contributed by atoms with Crippen LogP contribution in [0.25, 0.3) is 6.08 Å². The maximum atomic E-state index is 12.6. The Bertz CT molecular complexity index is 1060. The van der Waals surface area contributed by atoms with Crippen molar-refractivity contribution >= 4 is 40.6 Å². The molecule has 1 fully saturated rings. The van der Waals surface area contributed by atoms with Gasteiger partial charge in [0.05, 0.1) is 16.5 Å². The molecule has 0 unspecified atom stereocenters. The van der Waals surface area contributed by atoms with Crippen molar-refractivity contribution in [2.45, 2.75) is 20.8 Å². The summed E-state index contributed by atoms with van der Waals surface area (Å²) in [5.74, 6) is -0.932. The van der Waals surface area contributed by atoms with Crippen molar-refractivity contribution in [3.05, 3.63) is 69.1 Å². The fraction of sp³-hybridized carbons (Fsp3) is 0.182. The Balaban J connectivity index is 1.72. The number of hydrogen-bond donors (Lipinski definition) is 1. The van der Waals surface area contributed by atoms with Crippen molar-refractivity contribution in [3.63, 3.8) is 0 Å². The largest absolute Gasteiger partial charge is 0.324 e. The summed E-state index contributed by atoms with van der Waals surface area (Å²) in [6, 6.07) is 12.6. The number of imide groups is 1. The first-order valence-electron chi connectivity index (χ1n) is 8.91. The zero-order valence-electron chi connectivity index (χ0n) is 16.3. The van der Waals surface area contributed by atoms with Crippen LogP contribution < -0.4 is 5.32 Å². The van der Waals surface area contributed by atoms with E-state index in [9.17, 15) is 14.4 Å². The molecule has 0 saturated carbocycles. The lowest BCUT2D eigenvalue weighted by Crippen LogP contribution is -2.36. The van der Waals surface area contributed by atoms with Crippen LogP contribution in [0.5, 0.6) is 0 Å². The molecule has 3 amide bonds. The van der Waals surface area contributed by atoms with Gasteiger partial charge in [0, 0.05) is 5.69 Å². The summed E-state index contributed by atoms with van der Waals surface area (Å²) in [7, 11) is 0. The monoisotopic (exact) mass is 405 g/mol. The lowest BCUT2D eigenvalue weighted by Gasteiger charge is -2.15. The fourth-order valence-corrected chi connectivity index (χ4v) is 3.98. The number of carbonyl (C=O) groups is 3. The molecule has 1 saturated heterocycles. The van der Waals surface area contributed by atoms with Gasteiger partial charge in [0.1, 0.15) is 6.54 Å². The van der Waals surface area contributed by atoms with E-state index in [0.29, 0.717) is 16.8 Å². The lowest BCUT2D eigenvalue weighted by molar-refractivity contribution is -0.127. The van der Waals surface area contributed by atoms with E-state index in [4.69, 9.17) is 5.26 Å². The zero-order chi connectivity index (χ0) is 21.1. The first-order chi connectivity index (χ1) is 13.8. The summed E-state index contributed by atoms with van der Waals surface area (Å²) in [5, 5.41) is 11.2. The molecule has 0 radical (unpaired) electrons. The number of rotatable bonds is 4. The number of anilines is 1. The van der Waals surface area contributed by atoms with Crippen molar-refractivity contribution in [2.75, 3.05) is 11.9 Å². The predicted octanol–water partition coefficient (Wildman–Crippen LogP) is 4.16. The van der Waals surface area contributed by atoms with Gasteiger partial charge in [-0.25, -0.2) is 0 Å². The molecule has 0 aromatic heterocycles. The van der Waals surface area contributed by atoms with Gasteiger partial charge in [-0.15, -0.1) is 0 Å². The van der Waals surface area contributed by atoms with Gasteiger partial charge in [0.2, 0.25) is 5.91 Å². The maximum absolute atomic E-state index is 12.6. The second kappa shape index (κ2) is 8.33. The van der Waals surface area contributed by atoms with E-state index >= 15 is 0 Å². The van der Waals surface area contributed by atoms with E-state index in [1.54, 1.807) is 30.3 Å². The van der Waals surface area contributed by atoms with Crippen LogP contribution in [0, 0.1) is 32.1 Å². The van der Waals surface area contributed by atoms with Crippen molar-refractivity contribution in [1.82, 2.24) is 4.90 Å². The Morgan fingerprint density at radius 2 is 1.76 bits per heavy atom. The number of hydrogen-bond acceptors (Lipinski definition) is 5. The lowest BCUT2D eigenvalue weighted by atomic mass is 10.1. The van der Waals surface area contributed by atoms with Crippen LogP contribution in [0.1, 0.15) is 27.8 Å². The number of nitrogens with zero attached hydrogens (tertiary/aromatic N) is 2. The number of amides is 3. The Kier molecular flexibility index (Phi) is 5.85. The third kappa shape index (κ3) is 4.55. The molecule has 6 nitrogen and oxygen atoms in total. The first-order valence-corrected chi connectivity index (χ1v) is 9.73. The Morgan fingerprint density at radius 1 is 1.14 bits per heavy atom. The molecule has 146 valence electrons. The molecular formula is C22H19N3O3S. The van der Waals surface area contributed by atoms with Crippen LogP contribution >= 0.6 is 11.8 Å². The summed E-state index contributed by atoms with van der Waals surface area (Å²) in [6.07, 6.45) is 1.58. The molecule has 0 aliphatic carbocycles. The highest BCUT2D eigenvalue weighted by Gasteiger charge is 2.36. The summed E-state index contributed by atoms with van der Waals surface area (Å²) < 4.78 is 0. The van der Waals surface area contributed by atoms with E-state index < -0.39 is 17.1 Å². The highest BCUT2D eigenvalue weighted by Crippen LogP contribution is 2.32. The quantitative estimate of drug-likeness (QED) is 0.772. The van der Waals surface area contributed by atoms with Gasteiger partial charge < -0.3 is 5.32 Å². The van der Waals surface area contributed by atoms with E-state index in [0.717, 1.165) is 33.4 Å². The van der Waals surface area contributed by atoms with Crippen molar-refractivity contribution in [1.29, 1.82) is 5.26 Å². The second-order valence-electron chi connectivity index (χ2n) is 6.82. The standard InChI is InChI=1S/C22H19N3O3S/c1-13-8-14(2)20(15(3)9-13)24-19(26)12-25-21(27)18(29-22(25)28)10-16-4-6-17(11-23)7-5-16/h4-10H,12H2,1-3H3,(H,24,26)/b18-10+. The Hall–Kier alpha value is -3.37. The number of nitriles is 1. The van der Waals surface area contributed by atoms with Crippen molar-refractivity contribution in [2.24, 2.45) is 0 Å². The average molecular weight is 405 g/mol. The molecule has 0 bridgehead atoms. The van der Waals surface area contributed by atoms with Gasteiger partial charge >= 0.3 is 0 Å². The molecule has 7 heteroatoms. The second-order valence-corrected chi connectivity index (χ2v) is 7.82. The topological polar surface area (TPSA) is 90.3 Å². The summed E-state index contributed by atoms with van der Waals surface area (Å²) in [4.78, 5) is 38.5. The van der Waals surface area contributed by atoms with E-state index in [2.05, 4.69) is 5.32 Å². The van der Waals surface area contributed by atoms with Gasteiger partial charge in [-0.2, -0.15) is 5.26 Å². The number of carbonyl (C=O) groups excluding carboxylic acids is 3. The maximum Gasteiger partial charge on any atom is 0.294 e. The highest BCUT2D eigenvalue weighted by molar-refractivity contribution is 8.18. The van der Waals surface area contributed by atoms with Crippen molar-refractivity contribution in [3.8, 4) is 6.07 Å². The molecule has 1 aliphatic rings. The minimum Gasteiger partial charge on any atom is -0.324 e. The molecule has 3 rings (SSSR count). The Labute approximate surface area is 173 Å². The van der Waals surface area contributed by atoms with Gasteiger partial charge in [-0.05, 0) is 67.4 Å². The van der Waals surface area contributed by atoms with E-state index in [1.165, 1.54) is 0 Å². The minimum atomic E-state index is -0.503. The van der Waals surface area contributed by atoms with Gasteiger partial charge in [-0.3, -0.25) is 19.3 Å². The van der Waals surface area contributed by atoms with E-state index in [-0.39, 0.29) is 11.4 Å². The van der Waals surface area contributed by atoms with Gasteiger partial charge in [0.15, 0.2) is 0 Å². The first kappa shape index (κ1) is 20.4. The van der Waals surface area contributed by atoms with Crippen LogP contribution in [0.2, 0.25) is 0 Å². The van der Waals surface area contributed by atoms with Gasteiger partial charge in [0.25, 0.3) is 11.1 Å². The molecule has 29 heavy (non-hydrogen) atoms. The average Bonchev–Trinajstić information content (AvgIpc) is 2.92. The number of aryl methyl sites for hydroxylation is 3. The van der Waals surface area contributed by atoms with Crippen molar-refractivity contribution < 1.29 is 14.4 Å². The predicted molar refractivity (Wildman–Crippen MR) is 113 cm³/mol.